The van der Waals surface area contributed by atoms with Gasteiger partial charge < -0.3 is 14.9 Å². The predicted molar refractivity (Wildman–Crippen MR) is 38.6 cm³/mol. The molecule has 13 heavy (non-hydrogen) atoms. The number of nitrogens with one attached hydrogen (secondary N) is 1. The lowest BCUT2D eigenvalue weighted by atomic mass is 10.3. The highest BCUT2D eigenvalue weighted by molar-refractivity contribution is 5.96. The van der Waals surface area contributed by atoms with Gasteiger partial charge >= 0.3 is 11.9 Å². The molecule has 0 amide bonds. The molecule has 0 aromatic carbocycles. The van der Waals surface area contributed by atoms with Crippen LogP contribution in [0.5, 0.6) is 5.75 Å². The summed E-state index contributed by atoms with van der Waals surface area (Å²) in [7, 11) is 1.10. The lowest BCUT2D eigenvalue weighted by molar-refractivity contribution is 0.0590. The Morgan fingerprint density at radius 1 is 1.54 bits per heavy atom. The first-order valence-corrected chi connectivity index (χ1v) is 3.17. The molecule has 3 N–H and O–H groups in total. The first kappa shape index (κ1) is 9.04. The van der Waals surface area contributed by atoms with Gasteiger partial charge in [0.1, 0.15) is 0 Å². The Morgan fingerprint density at radius 2 is 2.15 bits per heavy atom. The Labute approximate surface area is 71.9 Å². The van der Waals surface area contributed by atoms with E-state index in [9.17, 15) is 9.59 Å². The molecule has 0 aliphatic carbocycles. The fraction of sp³-hybridized carbons (Fsp3) is 0.167. The summed E-state index contributed by atoms with van der Waals surface area (Å²) in [6, 6.07) is 0. The molecule has 0 atom stereocenters. The molecule has 1 rings (SSSR count). The van der Waals surface area contributed by atoms with Gasteiger partial charge in [0.2, 0.25) is 5.69 Å². The van der Waals surface area contributed by atoms with E-state index in [0.717, 1.165) is 7.11 Å². The summed E-state index contributed by atoms with van der Waals surface area (Å²) in [6.07, 6.45) is 0. The molecule has 1 aromatic rings. The molecule has 0 spiro atoms. The second-order valence-electron chi connectivity index (χ2n) is 2.09. The number of methoxy groups -OCH3 is 1. The topological polar surface area (TPSA) is 113 Å². The maximum atomic E-state index is 10.8. The van der Waals surface area contributed by atoms with Crippen LogP contribution in [-0.4, -0.2) is 39.5 Å². The number of H-pyrrole nitrogens is 1. The quantitative estimate of drug-likeness (QED) is 0.541. The average molecular weight is 186 g/mol. The Kier molecular flexibility index (Phi) is 2.18. The minimum atomic E-state index is -1.43. The third kappa shape index (κ3) is 1.43. The second kappa shape index (κ2) is 3.13. The van der Waals surface area contributed by atoms with Crippen molar-refractivity contribution < 1.29 is 24.5 Å². The van der Waals surface area contributed by atoms with Crippen molar-refractivity contribution in [3.63, 3.8) is 0 Å². The number of carbonyl (C=O) groups excluding carboxylic acids is 1. The van der Waals surface area contributed by atoms with Crippen LogP contribution in [0, 0.1) is 0 Å². The lowest BCUT2D eigenvalue weighted by Gasteiger charge is -1.94. The number of hydrogen-bond acceptors (Lipinski definition) is 5. The number of aromatic carboxylic acids is 1. The standard InChI is InChI=1S/C6H6N2O5/c1-13-6(12)3-4(9)2(5(10)11)7-8-3/h9H,1H3,(H,7,8)(H,10,11). The van der Waals surface area contributed by atoms with Gasteiger partial charge in [-0.05, 0) is 0 Å². The maximum absolute atomic E-state index is 10.8. The minimum Gasteiger partial charge on any atom is -0.503 e. The van der Waals surface area contributed by atoms with Gasteiger partial charge in [-0.15, -0.1) is 0 Å². The highest BCUT2D eigenvalue weighted by atomic mass is 16.5. The number of rotatable bonds is 2. The first-order valence-electron chi connectivity index (χ1n) is 3.17. The molecule has 0 saturated heterocycles. The van der Waals surface area contributed by atoms with E-state index in [-0.39, 0.29) is 5.69 Å². The third-order valence-corrected chi connectivity index (χ3v) is 1.33. The zero-order chi connectivity index (χ0) is 10.0. The Bertz CT molecular complexity index is 356. The number of ether oxygens (including phenoxy) is 1. The fourth-order valence-electron chi connectivity index (χ4n) is 0.730. The van der Waals surface area contributed by atoms with Crippen molar-refractivity contribution in [1.29, 1.82) is 0 Å². The average Bonchev–Trinajstić information content (AvgIpc) is 2.46. The van der Waals surface area contributed by atoms with Crippen LogP contribution in [0.15, 0.2) is 0 Å². The SMILES string of the molecule is COC(=O)c1[nH]nc(C(=O)O)c1O. The molecule has 0 unspecified atom stereocenters. The van der Waals surface area contributed by atoms with E-state index >= 15 is 0 Å². The van der Waals surface area contributed by atoms with Gasteiger partial charge in [0, 0.05) is 0 Å². The Hall–Kier alpha value is -2.05. The molecule has 0 bridgehead atoms. The summed E-state index contributed by atoms with van der Waals surface area (Å²) < 4.78 is 4.25. The summed E-state index contributed by atoms with van der Waals surface area (Å²) in [5.74, 6) is -3.03. The normalized spacial score (nSPS) is 9.62. The molecule has 70 valence electrons. The van der Waals surface area contributed by atoms with Gasteiger partial charge in [-0.25, -0.2) is 9.59 Å². The number of aromatic hydroxyl groups is 1. The van der Waals surface area contributed by atoms with Crippen molar-refractivity contribution in [2.24, 2.45) is 0 Å². The van der Waals surface area contributed by atoms with Gasteiger partial charge in [0.25, 0.3) is 0 Å². The van der Waals surface area contributed by atoms with Crippen LogP contribution in [0.4, 0.5) is 0 Å². The minimum absolute atomic E-state index is 0.375. The number of nitrogens with zero attached hydrogens (tertiary/aromatic N) is 1. The van der Waals surface area contributed by atoms with Crippen LogP contribution < -0.4 is 0 Å². The third-order valence-electron chi connectivity index (χ3n) is 1.33. The number of aromatic nitrogens is 2. The monoisotopic (exact) mass is 186 g/mol. The van der Waals surface area contributed by atoms with E-state index < -0.39 is 23.4 Å². The molecular formula is C6H6N2O5. The smallest absolute Gasteiger partial charge is 0.360 e. The summed E-state index contributed by atoms with van der Waals surface area (Å²) in [5, 5.41) is 22.8. The van der Waals surface area contributed by atoms with Gasteiger partial charge in [-0.2, -0.15) is 5.10 Å². The molecular weight excluding hydrogens is 180 g/mol. The van der Waals surface area contributed by atoms with Crippen LogP contribution in [0.3, 0.4) is 0 Å². The summed E-state index contributed by atoms with van der Waals surface area (Å²) in [5.41, 5.74) is -0.986. The van der Waals surface area contributed by atoms with E-state index in [0.29, 0.717) is 0 Å². The van der Waals surface area contributed by atoms with E-state index in [1.54, 1.807) is 0 Å². The van der Waals surface area contributed by atoms with E-state index in [1.807, 2.05) is 0 Å². The number of carbonyl (C=O) groups is 2. The Morgan fingerprint density at radius 3 is 2.54 bits per heavy atom. The summed E-state index contributed by atoms with van der Waals surface area (Å²) in [6.45, 7) is 0. The zero-order valence-corrected chi connectivity index (χ0v) is 6.57. The van der Waals surface area contributed by atoms with Crippen molar-refractivity contribution in [2.75, 3.05) is 7.11 Å². The van der Waals surface area contributed by atoms with Crippen LogP contribution >= 0.6 is 0 Å². The molecule has 0 aliphatic rings. The lowest BCUT2D eigenvalue weighted by Crippen LogP contribution is -2.02. The number of hydrogen-bond donors (Lipinski definition) is 3. The molecule has 1 heterocycles. The maximum Gasteiger partial charge on any atom is 0.360 e. The molecule has 7 heteroatoms. The molecule has 7 nitrogen and oxygen atoms in total. The largest absolute Gasteiger partial charge is 0.503 e. The highest BCUT2D eigenvalue weighted by Gasteiger charge is 2.22. The summed E-state index contributed by atoms with van der Waals surface area (Å²) in [4.78, 5) is 21.2. The van der Waals surface area contributed by atoms with Crippen molar-refractivity contribution in [3.05, 3.63) is 11.4 Å². The molecule has 0 saturated carbocycles. The highest BCUT2D eigenvalue weighted by Crippen LogP contribution is 2.19. The number of esters is 1. The van der Waals surface area contributed by atoms with E-state index in [1.165, 1.54) is 0 Å². The van der Waals surface area contributed by atoms with Crippen LogP contribution in [-0.2, 0) is 4.74 Å². The second-order valence-corrected chi connectivity index (χ2v) is 2.09. The van der Waals surface area contributed by atoms with E-state index in [4.69, 9.17) is 10.2 Å². The predicted octanol–water partition coefficient (Wildman–Crippen LogP) is -0.400. The molecule has 0 fully saturated rings. The van der Waals surface area contributed by atoms with Crippen molar-refractivity contribution in [3.8, 4) is 5.75 Å². The first-order chi connectivity index (χ1) is 6.07. The Balaban J connectivity index is 3.13. The number of carboxylic acid groups (broad SMARTS) is 1. The van der Waals surface area contributed by atoms with Gasteiger partial charge in [-0.3, -0.25) is 5.10 Å². The van der Waals surface area contributed by atoms with Crippen LogP contribution in [0.2, 0.25) is 0 Å². The van der Waals surface area contributed by atoms with Gasteiger partial charge in [0.15, 0.2) is 11.4 Å². The fourth-order valence-corrected chi connectivity index (χ4v) is 0.730. The number of aromatic amines is 1. The van der Waals surface area contributed by atoms with Crippen LogP contribution in [0.1, 0.15) is 21.0 Å². The van der Waals surface area contributed by atoms with Gasteiger partial charge in [-0.1, -0.05) is 0 Å². The van der Waals surface area contributed by atoms with E-state index in [2.05, 4.69) is 14.9 Å². The molecule has 0 radical (unpaired) electrons. The van der Waals surface area contributed by atoms with Gasteiger partial charge in [0.05, 0.1) is 7.11 Å². The summed E-state index contributed by atoms with van der Waals surface area (Å²) >= 11 is 0. The van der Waals surface area contributed by atoms with Crippen molar-refractivity contribution in [2.45, 2.75) is 0 Å². The zero-order valence-electron chi connectivity index (χ0n) is 6.57. The molecule has 0 aliphatic heterocycles. The molecule has 1 aromatic heterocycles. The van der Waals surface area contributed by atoms with Crippen molar-refractivity contribution >= 4 is 11.9 Å². The van der Waals surface area contributed by atoms with Crippen molar-refractivity contribution in [1.82, 2.24) is 10.2 Å². The number of carboxylic acids is 1. The van der Waals surface area contributed by atoms with Crippen LogP contribution in [0.25, 0.3) is 0 Å².